The van der Waals surface area contributed by atoms with Crippen LogP contribution in [0, 0.1) is 0 Å². The zero-order valence-corrected chi connectivity index (χ0v) is 12.8. The average Bonchev–Trinajstić information content (AvgIpc) is 2.81. The summed E-state index contributed by atoms with van der Waals surface area (Å²) in [6.07, 6.45) is 5.75. The van der Waals surface area contributed by atoms with E-state index in [1.54, 1.807) is 14.0 Å². The number of aryl methyl sites for hydroxylation is 2. The lowest BCUT2D eigenvalue weighted by Crippen LogP contribution is -2.18. The van der Waals surface area contributed by atoms with Crippen LogP contribution in [0.25, 0.3) is 10.9 Å². The molecule has 0 saturated heterocycles. The van der Waals surface area contributed by atoms with Crippen molar-refractivity contribution in [3.63, 3.8) is 0 Å². The van der Waals surface area contributed by atoms with Gasteiger partial charge < -0.3 is 14.6 Å². The summed E-state index contributed by atoms with van der Waals surface area (Å²) < 4.78 is 7.14. The van der Waals surface area contributed by atoms with Gasteiger partial charge in [-0.1, -0.05) is 24.3 Å². The molecule has 0 amide bonds. The normalized spacial score (nSPS) is 11.7. The molecular formula is C17H22N2O2. The molecule has 0 saturated carbocycles. The van der Waals surface area contributed by atoms with Crippen LogP contribution in [0.1, 0.15) is 18.9 Å². The summed E-state index contributed by atoms with van der Waals surface area (Å²) in [7, 11) is 3.79. The maximum atomic E-state index is 11.7. The number of para-hydroxylation sites is 1. The van der Waals surface area contributed by atoms with Crippen LogP contribution in [0.2, 0.25) is 0 Å². The number of hydrogen-bond acceptors (Lipinski definition) is 3. The third-order valence-electron chi connectivity index (χ3n) is 3.51. The number of benzene rings is 1. The van der Waals surface area contributed by atoms with Crippen molar-refractivity contribution in [2.45, 2.75) is 19.8 Å². The minimum atomic E-state index is -0.294. The van der Waals surface area contributed by atoms with E-state index >= 15 is 0 Å². The molecule has 4 heteroatoms. The molecule has 2 aromatic rings. The summed E-state index contributed by atoms with van der Waals surface area (Å²) in [6.45, 7) is 2.20. The Labute approximate surface area is 125 Å². The highest BCUT2D eigenvalue weighted by Gasteiger charge is 2.09. The van der Waals surface area contributed by atoms with Gasteiger partial charge in [-0.05, 0) is 31.4 Å². The second kappa shape index (κ2) is 6.97. The molecule has 2 rings (SSSR count). The van der Waals surface area contributed by atoms with Gasteiger partial charge >= 0.3 is 5.97 Å². The van der Waals surface area contributed by atoms with Crippen LogP contribution < -0.4 is 5.32 Å². The SMILES string of the molecule is CCOC(=O)/C(=C\CCc1cn(C)c2ccccc12)NC. The Kier molecular flexibility index (Phi) is 5.04. The van der Waals surface area contributed by atoms with Crippen molar-refractivity contribution in [2.24, 2.45) is 7.05 Å². The Bertz CT molecular complexity index is 656. The van der Waals surface area contributed by atoms with Gasteiger partial charge in [-0.3, -0.25) is 0 Å². The fourth-order valence-corrected chi connectivity index (χ4v) is 2.49. The van der Waals surface area contributed by atoms with E-state index < -0.39 is 0 Å². The number of ether oxygens (including phenoxy) is 1. The molecule has 0 aliphatic rings. The Morgan fingerprint density at radius 1 is 1.38 bits per heavy atom. The first-order valence-corrected chi connectivity index (χ1v) is 7.25. The Morgan fingerprint density at radius 2 is 2.14 bits per heavy atom. The Hall–Kier alpha value is -2.23. The predicted octanol–water partition coefficient (Wildman–Crippen LogP) is 2.78. The maximum absolute atomic E-state index is 11.7. The molecule has 1 aromatic heterocycles. The van der Waals surface area contributed by atoms with E-state index in [2.05, 4.69) is 41.3 Å². The second-order valence-electron chi connectivity index (χ2n) is 4.91. The molecule has 21 heavy (non-hydrogen) atoms. The van der Waals surface area contributed by atoms with Crippen LogP contribution in [0.5, 0.6) is 0 Å². The van der Waals surface area contributed by atoms with E-state index in [1.807, 2.05) is 12.1 Å². The smallest absolute Gasteiger partial charge is 0.354 e. The van der Waals surface area contributed by atoms with Crippen molar-refractivity contribution >= 4 is 16.9 Å². The van der Waals surface area contributed by atoms with Crippen LogP contribution in [0.4, 0.5) is 0 Å². The molecule has 0 atom stereocenters. The highest BCUT2D eigenvalue weighted by atomic mass is 16.5. The molecule has 4 nitrogen and oxygen atoms in total. The molecule has 0 unspecified atom stereocenters. The van der Waals surface area contributed by atoms with Crippen molar-refractivity contribution < 1.29 is 9.53 Å². The zero-order chi connectivity index (χ0) is 15.2. The summed E-state index contributed by atoms with van der Waals surface area (Å²) in [5.74, 6) is -0.294. The first-order valence-electron chi connectivity index (χ1n) is 7.25. The van der Waals surface area contributed by atoms with E-state index in [1.165, 1.54) is 16.5 Å². The highest BCUT2D eigenvalue weighted by molar-refractivity contribution is 5.87. The fourth-order valence-electron chi connectivity index (χ4n) is 2.49. The molecule has 1 aromatic carbocycles. The number of fused-ring (bicyclic) bond motifs is 1. The summed E-state index contributed by atoms with van der Waals surface area (Å²) in [4.78, 5) is 11.7. The molecule has 0 bridgehead atoms. The molecule has 0 aliphatic carbocycles. The van der Waals surface area contributed by atoms with Gasteiger partial charge in [-0.25, -0.2) is 4.79 Å². The molecular weight excluding hydrogens is 264 g/mol. The summed E-state index contributed by atoms with van der Waals surface area (Å²) in [6, 6.07) is 8.36. The molecule has 1 heterocycles. The number of carbonyl (C=O) groups excluding carboxylic acids is 1. The lowest BCUT2D eigenvalue weighted by molar-refractivity contribution is -0.138. The van der Waals surface area contributed by atoms with E-state index in [0.717, 1.165) is 12.8 Å². The minimum Gasteiger partial charge on any atom is -0.461 e. The van der Waals surface area contributed by atoms with Crippen LogP contribution in [0.15, 0.2) is 42.2 Å². The molecule has 0 radical (unpaired) electrons. The maximum Gasteiger partial charge on any atom is 0.354 e. The van der Waals surface area contributed by atoms with Gasteiger partial charge in [0.2, 0.25) is 0 Å². The standard InChI is InChI=1S/C17H22N2O2/c1-4-21-17(20)15(18-2)10-7-8-13-12-19(3)16-11-6-5-9-14(13)16/h5-6,9-12,18H,4,7-8H2,1-3H3/b15-10+. The molecule has 0 fully saturated rings. The van der Waals surface area contributed by atoms with Gasteiger partial charge in [0.25, 0.3) is 0 Å². The number of esters is 1. The largest absolute Gasteiger partial charge is 0.461 e. The van der Waals surface area contributed by atoms with E-state index in [4.69, 9.17) is 4.74 Å². The van der Waals surface area contributed by atoms with Gasteiger partial charge in [0.05, 0.1) is 6.61 Å². The van der Waals surface area contributed by atoms with Gasteiger partial charge in [0.1, 0.15) is 5.70 Å². The highest BCUT2D eigenvalue weighted by Crippen LogP contribution is 2.21. The first kappa shape index (κ1) is 15.2. The van der Waals surface area contributed by atoms with Crippen LogP contribution >= 0.6 is 0 Å². The fraction of sp³-hybridized carbons (Fsp3) is 0.353. The topological polar surface area (TPSA) is 43.3 Å². The van der Waals surface area contributed by atoms with Crippen LogP contribution in [-0.2, 0) is 23.0 Å². The Morgan fingerprint density at radius 3 is 2.86 bits per heavy atom. The second-order valence-corrected chi connectivity index (χ2v) is 4.91. The minimum absolute atomic E-state index is 0.294. The molecule has 0 spiro atoms. The summed E-state index contributed by atoms with van der Waals surface area (Å²) >= 11 is 0. The number of nitrogens with one attached hydrogen (secondary N) is 1. The van der Waals surface area contributed by atoms with Crippen molar-refractivity contribution in [2.75, 3.05) is 13.7 Å². The van der Waals surface area contributed by atoms with Crippen LogP contribution in [-0.4, -0.2) is 24.2 Å². The van der Waals surface area contributed by atoms with Gasteiger partial charge in [0.15, 0.2) is 0 Å². The number of hydrogen-bond donors (Lipinski definition) is 1. The lowest BCUT2D eigenvalue weighted by atomic mass is 10.1. The first-order chi connectivity index (χ1) is 10.2. The van der Waals surface area contributed by atoms with E-state index in [-0.39, 0.29) is 5.97 Å². The van der Waals surface area contributed by atoms with Gasteiger partial charge in [0, 0.05) is 31.2 Å². The number of nitrogens with zero attached hydrogens (tertiary/aromatic N) is 1. The van der Waals surface area contributed by atoms with Crippen molar-refractivity contribution in [3.8, 4) is 0 Å². The predicted molar refractivity (Wildman–Crippen MR) is 85.0 cm³/mol. The Balaban J connectivity index is 2.09. The molecule has 0 aliphatic heterocycles. The number of allylic oxidation sites excluding steroid dienone is 1. The number of carbonyl (C=O) groups is 1. The van der Waals surface area contributed by atoms with E-state index in [9.17, 15) is 4.79 Å². The van der Waals surface area contributed by atoms with Crippen molar-refractivity contribution in [1.29, 1.82) is 0 Å². The zero-order valence-electron chi connectivity index (χ0n) is 12.8. The monoisotopic (exact) mass is 286 g/mol. The van der Waals surface area contributed by atoms with Crippen LogP contribution in [0.3, 0.4) is 0 Å². The lowest BCUT2D eigenvalue weighted by Gasteiger charge is -2.05. The van der Waals surface area contributed by atoms with Gasteiger partial charge in [-0.2, -0.15) is 0 Å². The van der Waals surface area contributed by atoms with E-state index in [0.29, 0.717) is 12.3 Å². The quantitative estimate of drug-likeness (QED) is 0.656. The van der Waals surface area contributed by atoms with Gasteiger partial charge in [-0.15, -0.1) is 0 Å². The third kappa shape index (κ3) is 3.45. The summed E-state index contributed by atoms with van der Waals surface area (Å²) in [5.41, 5.74) is 3.05. The van der Waals surface area contributed by atoms with Crippen molar-refractivity contribution in [1.82, 2.24) is 9.88 Å². The number of likely N-dealkylation sites (N-methyl/N-ethyl adjacent to an activating group) is 1. The van der Waals surface area contributed by atoms with Crippen molar-refractivity contribution in [3.05, 3.63) is 47.8 Å². The molecule has 1 N–H and O–H groups in total. The number of rotatable bonds is 6. The average molecular weight is 286 g/mol. The third-order valence-corrected chi connectivity index (χ3v) is 3.51. The number of aromatic nitrogens is 1. The molecule has 112 valence electrons. The summed E-state index contributed by atoms with van der Waals surface area (Å²) in [5, 5.41) is 4.17.